The summed E-state index contributed by atoms with van der Waals surface area (Å²) >= 11 is 4.73. The second-order valence-corrected chi connectivity index (χ2v) is 2.59. The van der Waals surface area contributed by atoms with Crippen molar-refractivity contribution in [1.82, 2.24) is 4.72 Å². The quantitative estimate of drug-likeness (QED) is 0.532. The zero-order valence-electron chi connectivity index (χ0n) is 3.60. The molecule has 0 aromatic rings. The summed E-state index contributed by atoms with van der Waals surface area (Å²) in [4.78, 5) is 9.78. The number of carbonyl (C=O) groups is 1. The van der Waals surface area contributed by atoms with E-state index in [0.717, 1.165) is 0 Å². The molecule has 5 heteroatoms. The van der Waals surface area contributed by atoms with E-state index >= 15 is 0 Å². The van der Waals surface area contributed by atoms with Crippen LogP contribution in [0.4, 0.5) is 4.79 Å². The van der Waals surface area contributed by atoms with E-state index in [1.807, 2.05) is 0 Å². The van der Waals surface area contributed by atoms with E-state index in [1.54, 1.807) is 0 Å². The first-order chi connectivity index (χ1) is 3.18. The molecule has 0 bridgehead atoms. The fourth-order valence-corrected chi connectivity index (χ4v) is 0.472. The number of rotatable bonds is 1. The number of carbonyl (C=O) groups excluding carboxylic acids is 1. The molecule has 7 heavy (non-hydrogen) atoms. The van der Waals surface area contributed by atoms with Gasteiger partial charge in [0, 0.05) is 0 Å². The summed E-state index contributed by atoms with van der Waals surface area (Å²) in [5, 5.41) is 0. The Hall–Kier alpha value is 0.0700. The molecule has 0 fully saturated rings. The molecule has 3 nitrogen and oxygen atoms in total. The van der Waals surface area contributed by atoms with Crippen LogP contribution in [0.1, 0.15) is 0 Å². The van der Waals surface area contributed by atoms with Crippen molar-refractivity contribution in [2.75, 3.05) is 7.05 Å². The van der Waals surface area contributed by atoms with Gasteiger partial charge in [-0.3, -0.25) is 4.79 Å². The van der Waals surface area contributed by atoms with Crippen molar-refractivity contribution < 1.29 is 9.00 Å². The molecule has 0 rings (SSSR count). The lowest BCUT2D eigenvalue weighted by atomic mass is 11.6. The van der Waals surface area contributed by atoms with Crippen LogP contribution >= 0.6 is 11.6 Å². The first-order valence-electron chi connectivity index (χ1n) is 1.47. The summed E-state index contributed by atoms with van der Waals surface area (Å²) in [7, 11) is -0.317. The second-order valence-electron chi connectivity index (χ2n) is 0.710. The Morgan fingerprint density at radius 3 is 2.29 bits per heavy atom. The van der Waals surface area contributed by atoms with Crippen molar-refractivity contribution in [2.45, 2.75) is 0 Å². The van der Waals surface area contributed by atoms with Gasteiger partial charge in [0.15, 0.2) is 11.0 Å². The third kappa shape index (κ3) is 2.73. The Labute approximate surface area is 48.6 Å². The van der Waals surface area contributed by atoms with Crippen LogP contribution in [-0.2, 0) is 11.0 Å². The molecule has 0 saturated carbocycles. The molecule has 0 aliphatic rings. The van der Waals surface area contributed by atoms with Gasteiger partial charge in [-0.25, -0.2) is 8.93 Å². The topological polar surface area (TPSA) is 46.2 Å². The van der Waals surface area contributed by atoms with Crippen LogP contribution in [0.25, 0.3) is 0 Å². The van der Waals surface area contributed by atoms with E-state index in [4.69, 9.17) is 11.6 Å². The lowest BCUT2D eigenvalue weighted by Crippen LogP contribution is -2.14. The van der Waals surface area contributed by atoms with Crippen molar-refractivity contribution in [3.05, 3.63) is 0 Å². The summed E-state index contributed by atoms with van der Waals surface area (Å²) in [6, 6.07) is 0. The maximum atomic E-state index is 10.0. The van der Waals surface area contributed by atoms with Crippen LogP contribution in [0.3, 0.4) is 0 Å². The molecule has 0 aliphatic heterocycles. The molecule has 0 aromatic carbocycles. The molecule has 1 N–H and O–H groups in total. The first kappa shape index (κ1) is 7.07. The van der Waals surface area contributed by atoms with Gasteiger partial charge in [-0.1, -0.05) is 0 Å². The van der Waals surface area contributed by atoms with Gasteiger partial charge in [0.1, 0.15) is 0 Å². The minimum absolute atomic E-state index is 0.873. The highest BCUT2D eigenvalue weighted by Crippen LogP contribution is 1.84. The van der Waals surface area contributed by atoms with Crippen molar-refractivity contribution in [2.24, 2.45) is 0 Å². The maximum Gasteiger partial charge on any atom is 0.324 e. The summed E-state index contributed by atoms with van der Waals surface area (Å²) in [5.74, 6) is 0. The smallest absolute Gasteiger partial charge is 0.264 e. The van der Waals surface area contributed by atoms with Crippen molar-refractivity contribution in [1.29, 1.82) is 0 Å². The molecular weight excluding hydrogens is 138 g/mol. The lowest BCUT2D eigenvalue weighted by molar-refractivity contribution is 0.275. The Balaban J connectivity index is 3.58. The summed E-state index contributed by atoms with van der Waals surface area (Å²) in [5.41, 5.74) is 0. The largest absolute Gasteiger partial charge is 0.324 e. The summed E-state index contributed by atoms with van der Waals surface area (Å²) < 4.78 is 11.3. The first-order valence-corrected chi connectivity index (χ1v) is 3.00. The molecule has 0 radical (unpaired) electrons. The second kappa shape index (κ2) is 3.12. The number of nitrogens with one attached hydrogen (secondary N) is 1. The highest BCUT2D eigenvalue weighted by Gasteiger charge is 2.01. The Kier molecular flexibility index (Phi) is 3.15. The molecule has 0 heterocycles. The van der Waals surface area contributed by atoms with E-state index in [1.165, 1.54) is 7.05 Å². The Morgan fingerprint density at radius 1 is 1.86 bits per heavy atom. The monoisotopic (exact) mass is 141 g/mol. The van der Waals surface area contributed by atoms with E-state index in [2.05, 4.69) is 4.72 Å². The fourth-order valence-electron chi connectivity index (χ4n) is 0.0802. The molecule has 42 valence electrons. The van der Waals surface area contributed by atoms with E-state index in [-0.39, 0.29) is 0 Å². The standard InChI is InChI=1S/C2H4ClNO2S/c1-4-7(6)2(3)5/h4H,1H3. The lowest BCUT2D eigenvalue weighted by Gasteiger charge is -1.84. The van der Waals surface area contributed by atoms with E-state index in [0.29, 0.717) is 0 Å². The minimum Gasteiger partial charge on any atom is -0.264 e. The molecule has 0 saturated heterocycles. The molecule has 0 aromatic heterocycles. The van der Waals surface area contributed by atoms with Crippen LogP contribution < -0.4 is 4.72 Å². The van der Waals surface area contributed by atoms with E-state index < -0.39 is 15.6 Å². The van der Waals surface area contributed by atoms with Gasteiger partial charge in [0.2, 0.25) is 0 Å². The third-order valence-corrected chi connectivity index (χ3v) is 1.41. The van der Waals surface area contributed by atoms with Gasteiger partial charge in [-0.05, 0) is 18.6 Å². The van der Waals surface area contributed by atoms with Crippen molar-refractivity contribution in [3.63, 3.8) is 0 Å². The Morgan fingerprint density at radius 2 is 2.29 bits per heavy atom. The summed E-state index contributed by atoms with van der Waals surface area (Å²) in [6.45, 7) is 0. The average Bonchev–Trinajstić information content (AvgIpc) is 1.65. The maximum absolute atomic E-state index is 10.0. The van der Waals surface area contributed by atoms with Gasteiger partial charge >= 0.3 is 4.57 Å². The van der Waals surface area contributed by atoms with E-state index in [9.17, 15) is 9.00 Å². The third-order valence-electron chi connectivity index (χ3n) is 0.331. The van der Waals surface area contributed by atoms with Crippen LogP contribution in [-0.4, -0.2) is 15.8 Å². The van der Waals surface area contributed by atoms with Crippen LogP contribution in [0.15, 0.2) is 0 Å². The number of hydrogen-bond donors (Lipinski definition) is 1. The van der Waals surface area contributed by atoms with Crippen LogP contribution in [0.2, 0.25) is 0 Å². The fraction of sp³-hybridized carbons (Fsp3) is 0.500. The SMILES string of the molecule is CNS(=O)C(=O)Cl. The van der Waals surface area contributed by atoms with Gasteiger partial charge < -0.3 is 0 Å². The van der Waals surface area contributed by atoms with Gasteiger partial charge in [0.05, 0.1) is 0 Å². The Bertz CT molecular complexity index is 104. The van der Waals surface area contributed by atoms with Gasteiger partial charge in [-0.15, -0.1) is 0 Å². The van der Waals surface area contributed by atoms with Gasteiger partial charge in [-0.2, -0.15) is 0 Å². The molecular formula is C2H4ClNO2S. The summed E-state index contributed by atoms with van der Waals surface area (Å²) in [6.07, 6.45) is 0. The number of hydrogen-bond acceptors (Lipinski definition) is 2. The van der Waals surface area contributed by atoms with Crippen molar-refractivity contribution in [3.8, 4) is 0 Å². The highest BCUT2D eigenvalue weighted by atomic mass is 35.5. The normalized spacial score (nSPS) is 13.4. The zero-order chi connectivity index (χ0) is 5.86. The highest BCUT2D eigenvalue weighted by molar-refractivity contribution is 8.02. The predicted octanol–water partition coefficient (Wildman–Crippen LogP) is 0.228. The molecule has 0 aliphatic carbocycles. The average molecular weight is 142 g/mol. The molecule has 1 unspecified atom stereocenters. The molecule has 0 amide bonds. The van der Waals surface area contributed by atoms with Crippen molar-refractivity contribution >= 4 is 27.2 Å². The molecule has 1 atom stereocenters. The van der Waals surface area contributed by atoms with Gasteiger partial charge in [0.25, 0.3) is 0 Å². The van der Waals surface area contributed by atoms with Crippen LogP contribution in [0, 0.1) is 0 Å². The minimum atomic E-state index is -1.70. The molecule has 0 spiro atoms. The number of halogens is 1. The zero-order valence-corrected chi connectivity index (χ0v) is 5.18. The van der Waals surface area contributed by atoms with Crippen LogP contribution in [0.5, 0.6) is 0 Å². The predicted molar refractivity (Wildman–Crippen MR) is 28.5 cm³/mol.